The van der Waals surface area contributed by atoms with Gasteiger partial charge in [0.15, 0.2) is 0 Å². The molecular formula is C30H35FN4O3. The van der Waals surface area contributed by atoms with E-state index in [1.807, 2.05) is 42.5 Å². The number of anilines is 1. The molecule has 1 aromatic heterocycles. The molecule has 0 spiro atoms. The number of nitrogens with two attached hydrogens (primary N) is 1. The molecule has 1 aliphatic carbocycles. The maximum Gasteiger partial charge on any atom is 0.407 e. The third-order valence-electron chi connectivity index (χ3n) is 7.33. The zero-order chi connectivity index (χ0) is 27.4. The van der Waals surface area contributed by atoms with Crippen LogP contribution in [-0.2, 0) is 10.3 Å². The Balaban J connectivity index is 1.52. The standard InChI is InChI=1S/C30H35FN4O3/c1-30(2,32)25-14-11-21(16-26(25)31)28-24(20-7-5-4-6-8-20)17-22(18-33-28)34-27(36)15-19-9-12-23(13-10-19)35(3)29(37)38/h4-8,11,14,16-19,23H,9-10,12-13,15,32H2,1-3H3,(H,34,36)(H,37,38)/t19-,23-. The second kappa shape index (κ2) is 11.3. The molecule has 200 valence electrons. The molecule has 4 rings (SSSR count). The third-order valence-corrected chi connectivity index (χ3v) is 7.33. The first-order valence-corrected chi connectivity index (χ1v) is 12.9. The first-order valence-electron chi connectivity index (χ1n) is 12.9. The fraction of sp³-hybridized carbons (Fsp3) is 0.367. The number of aromatic nitrogens is 1. The lowest BCUT2D eigenvalue weighted by Gasteiger charge is -2.32. The Kier molecular flexibility index (Phi) is 8.11. The van der Waals surface area contributed by atoms with Crippen molar-refractivity contribution in [3.05, 3.63) is 72.2 Å². The van der Waals surface area contributed by atoms with Crippen LogP contribution < -0.4 is 11.1 Å². The number of halogens is 1. The molecule has 1 heterocycles. The molecule has 0 radical (unpaired) electrons. The number of hydrogen-bond donors (Lipinski definition) is 3. The van der Waals surface area contributed by atoms with Crippen LogP contribution in [0.1, 0.15) is 51.5 Å². The van der Waals surface area contributed by atoms with Gasteiger partial charge < -0.3 is 21.1 Å². The largest absolute Gasteiger partial charge is 0.465 e. The molecule has 7 nitrogen and oxygen atoms in total. The highest BCUT2D eigenvalue weighted by Gasteiger charge is 2.27. The summed E-state index contributed by atoms with van der Waals surface area (Å²) in [6.07, 6.45) is 4.17. The van der Waals surface area contributed by atoms with Crippen LogP contribution in [0.4, 0.5) is 14.9 Å². The normalized spacial score (nSPS) is 17.6. The van der Waals surface area contributed by atoms with Crippen molar-refractivity contribution in [1.29, 1.82) is 0 Å². The lowest BCUT2D eigenvalue weighted by Crippen LogP contribution is -2.38. The van der Waals surface area contributed by atoms with E-state index in [1.165, 1.54) is 11.0 Å². The van der Waals surface area contributed by atoms with Gasteiger partial charge >= 0.3 is 6.09 Å². The lowest BCUT2D eigenvalue weighted by atomic mass is 9.83. The first kappa shape index (κ1) is 27.3. The number of amides is 2. The summed E-state index contributed by atoms with van der Waals surface area (Å²) in [5.41, 5.74) is 9.20. The van der Waals surface area contributed by atoms with Crippen molar-refractivity contribution in [2.75, 3.05) is 12.4 Å². The smallest absolute Gasteiger partial charge is 0.407 e. The van der Waals surface area contributed by atoms with E-state index in [9.17, 15) is 19.1 Å². The first-order chi connectivity index (χ1) is 18.0. The number of nitrogens with zero attached hydrogens (tertiary/aromatic N) is 2. The summed E-state index contributed by atoms with van der Waals surface area (Å²) in [5.74, 6) is -0.283. The van der Waals surface area contributed by atoms with E-state index in [0.29, 0.717) is 28.9 Å². The summed E-state index contributed by atoms with van der Waals surface area (Å²) >= 11 is 0. The molecule has 2 aromatic carbocycles. The van der Waals surface area contributed by atoms with Gasteiger partial charge in [-0.15, -0.1) is 0 Å². The maximum absolute atomic E-state index is 15.0. The SMILES string of the molecule is CN(C(=O)O)[C@H]1CC[C@H](CC(=O)Nc2cnc(-c3ccc(C(C)(C)N)c(F)c3)c(-c3ccccc3)c2)CC1. The van der Waals surface area contributed by atoms with Crippen LogP contribution in [-0.4, -0.2) is 40.1 Å². The molecular weight excluding hydrogens is 483 g/mol. The molecule has 38 heavy (non-hydrogen) atoms. The van der Waals surface area contributed by atoms with Gasteiger partial charge in [-0.2, -0.15) is 0 Å². The average Bonchev–Trinajstić information content (AvgIpc) is 2.88. The van der Waals surface area contributed by atoms with Gasteiger partial charge in [0.2, 0.25) is 5.91 Å². The second-order valence-corrected chi connectivity index (χ2v) is 10.7. The Morgan fingerprint density at radius 3 is 2.37 bits per heavy atom. The molecule has 8 heteroatoms. The van der Waals surface area contributed by atoms with E-state index in [-0.39, 0.29) is 17.9 Å². The minimum absolute atomic E-state index is 0.00631. The van der Waals surface area contributed by atoms with Crippen LogP contribution in [0.5, 0.6) is 0 Å². The van der Waals surface area contributed by atoms with E-state index >= 15 is 0 Å². The summed E-state index contributed by atoms with van der Waals surface area (Å²) in [5, 5.41) is 12.2. The number of carbonyl (C=O) groups is 2. The Labute approximate surface area is 222 Å². The number of benzene rings is 2. The number of carboxylic acid groups (broad SMARTS) is 1. The van der Waals surface area contributed by atoms with E-state index in [2.05, 4.69) is 10.3 Å². The van der Waals surface area contributed by atoms with Gasteiger partial charge in [-0.25, -0.2) is 9.18 Å². The maximum atomic E-state index is 15.0. The molecule has 0 aliphatic heterocycles. The highest BCUT2D eigenvalue weighted by molar-refractivity contribution is 5.93. The van der Waals surface area contributed by atoms with Crippen LogP contribution >= 0.6 is 0 Å². The van der Waals surface area contributed by atoms with E-state index in [4.69, 9.17) is 5.73 Å². The van der Waals surface area contributed by atoms with Crippen LogP contribution in [0, 0.1) is 11.7 Å². The molecule has 1 aliphatic rings. The van der Waals surface area contributed by atoms with Crippen LogP contribution in [0.2, 0.25) is 0 Å². The quantitative estimate of drug-likeness (QED) is 0.343. The molecule has 1 fully saturated rings. The number of rotatable bonds is 7. The Morgan fingerprint density at radius 2 is 1.76 bits per heavy atom. The summed E-state index contributed by atoms with van der Waals surface area (Å²) in [4.78, 5) is 30.1. The van der Waals surface area contributed by atoms with Crippen LogP contribution in [0.15, 0.2) is 60.8 Å². The predicted octanol–water partition coefficient (Wildman–Crippen LogP) is 6.25. The summed E-state index contributed by atoms with van der Waals surface area (Å²) < 4.78 is 15.0. The molecule has 3 aromatic rings. The van der Waals surface area contributed by atoms with Gasteiger partial charge in [0.1, 0.15) is 5.82 Å². The lowest BCUT2D eigenvalue weighted by molar-refractivity contribution is -0.117. The molecule has 1 saturated carbocycles. The fourth-order valence-corrected chi connectivity index (χ4v) is 5.15. The fourth-order valence-electron chi connectivity index (χ4n) is 5.15. The van der Waals surface area contributed by atoms with Gasteiger partial charge in [0.05, 0.1) is 17.6 Å². The molecule has 0 bridgehead atoms. The van der Waals surface area contributed by atoms with Crippen LogP contribution in [0.3, 0.4) is 0 Å². The van der Waals surface area contributed by atoms with E-state index in [1.54, 1.807) is 33.2 Å². The van der Waals surface area contributed by atoms with Crippen molar-refractivity contribution in [2.45, 2.75) is 57.5 Å². The van der Waals surface area contributed by atoms with Crippen molar-refractivity contribution in [1.82, 2.24) is 9.88 Å². The summed E-state index contributed by atoms with van der Waals surface area (Å²) in [7, 11) is 1.60. The molecule has 0 saturated heterocycles. The van der Waals surface area contributed by atoms with Crippen molar-refractivity contribution in [2.24, 2.45) is 11.7 Å². The number of hydrogen-bond acceptors (Lipinski definition) is 4. The van der Waals surface area contributed by atoms with Crippen molar-refractivity contribution in [3.63, 3.8) is 0 Å². The van der Waals surface area contributed by atoms with Gasteiger partial charge in [0, 0.05) is 41.7 Å². The number of carbonyl (C=O) groups excluding carboxylic acids is 1. The zero-order valence-electron chi connectivity index (χ0n) is 22.1. The van der Waals surface area contributed by atoms with Crippen LogP contribution in [0.25, 0.3) is 22.4 Å². The Hall–Kier alpha value is -3.78. The topological polar surface area (TPSA) is 109 Å². The molecule has 0 unspecified atom stereocenters. The van der Waals surface area contributed by atoms with Crippen molar-refractivity contribution >= 4 is 17.7 Å². The van der Waals surface area contributed by atoms with Crippen molar-refractivity contribution in [3.8, 4) is 22.4 Å². The van der Waals surface area contributed by atoms with Gasteiger partial charge in [0.25, 0.3) is 0 Å². The summed E-state index contributed by atoms with van der Waals surface area (Å²) in [6, 6.07) is 16.5. The predicted molar refractivity (Wildman–Crippen MR) is 147 cm³/mol. The third kappa shape index (κ3) is 6.37. The minimum Gasteiger partial charge on any atom is -0.465 e. The van der Waals surface area contributed by atoms with E-state index < -0.39 is 17.4 Å². The molecule has 2 amide bonds. The minimum atomic E-state index is -0.918. The zero-order valence-corrected chi connectivity index (χ0v) is 22.1. The Morgan fingerprint density at radius 1 is 1.08 bits per heavy atom. The molecule has 0 atom stereocenters. The van der Waals surface area contributed by atoms with Gasteiger partial charge in [-0.3, -0.25) is 9.78 Å². The highest BCUT2D eigenvalue weighted by atomic mass is 19.1. The van der Waals surface area contributed by atoms with E-state index in [0.717, 1.165) is 36.8 Å². The summed E-state index contributed by atoms with van der Waals surface area (Å²) in [6.45, 7) is 3.52. The average molecular weight is 519 g/mol. The monoisotopic (exact) mass is 518 g/mol. The highest BCUT2D eigenvalue weighted by Crippen LogP contribution is 2.35. The second-order valence-electron chi connectivity index (χ2n) is 10.7. The molecule has 4 N–H and O–H groups in total. The van der Waals surface area contributed by atoms with Gasteiger partial charge in [-0.1, -0.05) is 42.5 Å². The van der Waals surface area contributed by atoms with Crippen molar-refractivity contribution < 1.29 is 19.1 Å². The number of nitrogens with one attached hydrogen (secondary N) is 1. The Bertz CT molecular complexity index is 1300. The van der Waals surface area contributed by atoms with Gasteiger partial charge in [-0.05, 0) is 63.1 Å². The number of pyridine rings is 1.